The number of amides is 1. The molecule has 8 nitrogen and oxygen atoms in total. The molecule has 1 atom stereocenters. The van der Waals surface area contributed by atoms with Crippen molar-refractivity contribution in [2.45, 2.75) is 19.9 Å². The highest BCUT2D eigenvalue weighted by Crippen LogP contribution is 2.42. The average Bonchev–Trinajstić information content (AvgIpc) is 3.45. The van der Waals surface area contributed by atoms with Crippen molar-refractivity contribution in [3.8, 4) is 5.75 Å². The lowest BCUT2D eigenvalue weighted by molar-refractivity contribution is -0.117. The van der Waals surface area contributed by atoms with Crippen molar-refractivity contribution in [3.05, 3.63) is 89.3 Å². The molecule has 8 heteroatoms. The van der Waals surface area contributed by atoms with E-state index in [4.69, 9.17) is 13.7 Å². The molecule has 1 aliphatic rings. The highest BCUT2D eigenvalue weighted by molar-refractivity contribution is 6.19. The lowest BCUT2D eigenvalue weighted by Crippen LogP contribution is -2.31. The molecule has 2 aromatic heterocycles. The number of anilines is 1. The monoisotopic (exact) mass is 420 g/mol. The van der Waals surface area contributed by atoms with Gasteiger partial charge in [-0.3, -0.25) is 14.5 Å². The SMILES string of the molecule is C=CCOc1ccc(C2C(C(=O)c3ccc(C)o3)=C(O)C(=O)N2c2cc(C)on2)cc1. The van der Waals surface area contributed by atoms with Crippen LogP contribution < -0.4 is 9.64 Å². The van der Waals surface area contributed by atoms with E-state index in [1.807, 2.05) is 0 Å². The van der Waals surface area contributed by atoms with Gasteiger partial charge in [-0.2, -0.15) is 0 Å². The fourth-order valence-electron chi connectivity index (χ4n) is 3.45. The molecule has 3 heterocycles. The standard InChI is InChI=1S/C23H20N2O6/c1-4-11-29-16-8-6-15(7-9-16)20-19(21(26)17-10-5-13(2)30-17)22(27)23(28)25(20)18-12-14(3)31-24-18/h4-10,12,20,27H,1,11H2,2-3H3. The van der Waals surface area contributed by atoms with Crippen molar-refractivity contribution >= 4 is 17.5 Å². The number of aliphatic hydroxyl groups is 1. The van der Waals surface area contributed by atoms with Gasteiger partial charge in [0.25, 0.3) is 5.91 Å². The van der Waals surface area contributed by atoms with Gasteiger partial charge in [0.2, 0.25) is 5.78 Å². The van der Waals surface area contributed by atoms with Gasteiger partial charge in [0, 0.05) is 6.07 Å². The van der Waals surface area contributed by atoms with Crippen LogP contribution in [0.3, 0.4) is 0 Å². The summed E-state index contributed by atoms with van der Waals surface area (Å²) >= 11 is 0. The van der Waals surface area contributed by atoms with Gasteiger partial charge in [0.15, 0.2) is 17.3 Å². The number of rotatable bonds is 7. The summed E-state index contributed by atoms with van der Waals surface area (Å²) in [6.45, 7) is 7.34. The first-order chi connectivity index (χ1) is 14.9. The predicted molar refractivity (Wildman–Crippen MR) is 111 cm³/mol. The molecule has 1 N–H and O–H groups in total. The number of hydrogen-bond donors (Lipinski definition) is 1. The average molecular weight is 420 g/mol. The molecule has 1 amide bonds. The second kappa shape index (κ2) is 7.98. The largest absolute Gasteiger partial charge is 0.503 e. The number of nitrogens with zero attached hydrogens (tertiary/aromatic N) is 2. The third-order valence-electron chi connectivity index (χ3n) is 4.84. The minimum Gasteiger partial charge on any atom is -0.503 e. The van der Waals surface area contributed by atoms with Crippen LogP contribution in [-0.4, -0.2) is 28.6 Å². The summed E-state index contributed by atoms with van der Waals surface area (Å²) in [7, 11) is 0. The molecule has 0 radical (unpaired) electrons. The van der Waals surface area contributed by atoms with Gasteiger partial charge in [-0.1, -0.05) is 29.9 Å². The Labute approximate surface area is 178 Å². The predicted octanol–water partition coefficient (Wildman–Crippen LogP) is 4.23. The van der Waals surface area contributed by atoms with Gasteiger partial charge in [-0.05, 0) is 43.7 Å². The molecule has 158 valence electrons. The number of hydrogen-bond acceptors (Lipinski definition) is 7. The molecular formula is C23H20N2O6. The van der Waals surface area contributed by atoms with Gasteiger partial charge < -0.3 is 18.8 Å². The topological polar surface area (TPSA) is 106 Å². The first-order valence-electron chi connectivity index (χ1n) is 9.55. The second-order valence-electron chi connectivity index (χ2n) is 7.04. The van der Waals surface area contributed by atoms with Gasteiger partial charge in [-0.15, -0.1) is 0 Å². The maximum absolute atomic E-state index is 13.2. The summed E-state index contributed by atoms with van der Waals surface area (Å²) < 4.78 is 16.1. The van der Waals surface area contributed by atoms with Crippen molar-refractivity contribution in [2.24, 2.45) is 0 Å². The quantitative estimate of drug-likeness (QED) is 0.450. The van der Waals surface area contributed by atoms with E-state index in [2.05, 4.69) is 11.7 Å². The Morgan fingerprint density at radius 3 is 2.55 bits per heavy atom. The molecule has 0 spiro atoms. The third kappa shape index (κ3) is 3.63. The number of Topliss-reactive ketones (excluding diaryl/α,β-unsaturated/α-hetero) is 1. The zero-order chi connectivity index (χ0) is 22.1. The summed E-state index contributed by atoms with van der Waals surface area (Å²) in [4.78, 5) is 27.4. The normalized spacial score (nSPS) is 16.1. The van der Waals surface area contributed by atoms with Gasteiger partial charge in [0.05, 0.1) is 11.6 Å². The van der Waals surface area contributed by atoms with E-state index in [1.165, 1.54) is 11.0 Å². The number of aryl methyl sites for hydroxylation is 2. The summed E-state index contributed by atoms with van der Waals surface area (Å²) in [5.41, 5.74) is 0.482. The Morgan fingerprint density at radius 1 is 1.23 bits per heavy atom. The number of ether oxygens (including phenoxy) is 1. The van der Waals surface area contributed by atoms with Crippen LogP contribution in [0.4, 0.5) is 5.82 Å². The Hall–Kier alpha value is -4.07. The smallest absolute Gasteiger partial charge is 0.295 e. The van der Waals surface area contributed by atoms with E-state index < -0.39 is 23.5 Å². The maximum atomic E-state index is 13.2. The minimum atomic E-state index is -0.927. The van der Waals surface area contributed by atoms with E-state index in [0.717, 1.165) is 0 Å². The molecule has 31 heavy (non-hydrogen) atoms. The third-order valence-corrected chi connectivity index (χ3v) is 4.84. The number of aliphatic hydroxyl groups excluding tert-OH is 1. The molecule has 0 saturated carbocycles. The van der Waals surface area contributed by atoms with E-state index in [9.17, 15) is 14.7 Å². The van der Waals surface area contributed by atoms with E-state index in [1.54, 1.807) is 56.3 Å². The Balaban J connectivity index is 1.80. The number of carbonyl (C=O) groups excluding carboxylic acids is 2. The fraction of sp³-hybridized carbons (Fsp3) is 0.174. The summed E-state index contributed by atoms with van der Waals surface area (Å²) in [5, 5.41) is 14.6. The van der Waals surface area contributed by atoms with Crippen LogP contribution in [0.2, 0.25) is 0 Å². The zero-order valence-electron chi connectivity index (χ0n) is 17.0. The first-order valence-corrected chi connectivity index (χ1v) is 9.55. The molecule has 1 aliphatic heterocycles. The van der Waals surface area contributed by atoms with Crippen molar-refractivity contribution in [3.63, 3.8) is 0 Å². The van der Waals surface area contributed by atoms with Crippen molar-refractivity contribution in [2.75, 3.05) is 11.5 Å². The molecule has 3 aromatic rings. The Bertz CT molecular complexity index is 1180. The highest BCUT2D eigenvalue weighted by atomic mass is 16.5. The number of ketones is 1. The Kier molecular flexibility index (Phi) is 5.21. The van der Waals surface area contributed by atoms with Crippen LogP contribution in [0.5, 0.6) is 5.75 Å². The van der Waals surface area contributed by atoms with Crippen LogP contribution in [0.1, 0.15) is 33.7 Å². The van der Waals surface area contributed by atoms with Crippen LogP contribution in [0.25, 0.3) is 0 Å². The molecular weight excluding hydrogens is 400 g/mol. The molecule has 4 rings (SSSR count). The van der Waals surface area contributed by atoms with Gasteiger partial charge in [-0.25, -0.2) is 0 Å². The fourth-order valence-corrected chi connectivity index (χ4v) is 3.45. The summed E-state index contributed by atoms with van der Waals surface area (Å²) in [6.07, 6.45) is 1.63. The number of aromatic nitrogens is 1. The Morgan fingerprint density at radius 2 is 1.97 bits per heavy atom. The highest BCUT2D eigenvalue weighted by Gasteiger charge is 2.46. The van der Waals surface area contributed by atoms with Gasteiger partial charge >= 0.3 is 0 Å². The van der Waals surface area contributed by atoms with Crippen molar-refractivity contribution in [1.82, 2.24) is 5.16 Å². The number of furan rings is 1. The van der Waals surface area contributed by atoms with E-state index in [-0.39, 0.29) is 17.2 Å². The molecule has 0 saturated heterocycles. The van der Waals surface area contributed by atoms with Crippen LogP contribution in [0, 0.1) is 13.8 Å². The molecule has 0 bridgehead atoms. The summed E-state index contributed by atoms with van der Waals surface area (Å²) in [6, 6.07) is 10.6. The van der Waals surface area contributed by atoms with Gasteiger partial charge in [0.1, 0.15) is 23.9 Å². The van der Waals surface area contributed by atoms with E-state index >= 15 is 0 Å². The zero-order valence-corrected chi connectivity index (χ0v) is 17.0. The lowest BCUT2D eigenvalue weighted by atomic mass is 9.95. The van der Waals surface area contributed by atoms with E-state index in [0.29, 0.717) is 29.4 Å². The molecule has 1 aromatic carbocycles. The molecule has 0 fully saturated rings. The van der Waals surface area contributed by atoms with Crippen LogP contribution in [-0.2, 0) is 4.79 Å². The lowest BCUT2D eigenvalue weighted by Gasteiger charge is -2.24. The molecule has 0 aliphatic carbocycles. The maximum Gasteiger partial charge on any atom is 0.295 e. The summed E-state index contributed by atoms with van der Waals surface area (Å²) in [5.74, 6) is -0.162. The molecule has 1 unspecified atom stereocenters. The van der Waals surface area contributed by atoms with Crippen molar-refractivity contribution in [1.29, 1.82) is 0 Å². The van der Waals surface area contributed by atoms with Crippen LogP contribution >= 0.6 is 0 Å². The number of benzene rings is 1. The van der Waals surface area contributed by atoms with Crippen LogP contribution in [0.15, 0.2) is 75.4 Å². The minimum absolute atomic E-state index is 0.0287. The van der Waals surface area contributed by atoms with Crippen molar-refractivity contribution < 1.29 is 28.4 Å². The first kappa shape index (κ1) is 20.2. The second-order valence-corrected chi connectivity index (χ2v) is 7.04. The number of carbonyl (C=O) groups is 2.